The van der Waals surface area contributed by atoms with Crippen molar-refractivity contribution in [2.24, 2.45) is 0 Å². The zero-order valence-corrected chi connectivity index (χ0v) is 12.9. The monoisotopic (exact) mass is 312 g/mol. The zero-order valence-electron chi connectivity index (χ0n) is 12.9. The molecule has 5 nitrogen and oxygen atoms in total. The number of benzene rings is 1. The maximum atomic E-state index is 12.6. The topological polar surface area (TPSA) is 65.7 Å². The third-order valence-corrected chi connectivity index (χ3v) is 3.84. The van der Waals surface area contributed by atoms with Gasteiger partial charge in [-0.2, -0.15) is 0 Å². The quantitative estimate of drug-likeness (QED) is 0.643. The van der Waals surface area contributed by atoms with Crippen LogP contribution in [0.3, 0.4) is 0 Å². The molecule has 0 bridgehead atoms. The molecule has 0 aliphatic heterocycles. The number of methoxy groups -OCH3 is 2. The maximum Gasteiger partial charge on any atom is 0.373 e. The van der Waals surface area contributed by atoms with Gasteiger partial charge in [0.1, 0.15) is 11.5 Å². The molecule has 1 aromatic carbocycles. The minimum absolute atomic E-state index is 0.0232. The number of allylic oxidation sites excluding steroid dienone is 1. The van der Waals surface area contributed by atoms with Crippen LogP contribution in [-0.4, -0.2) is 26.0 Å². The van der Waals surface area contributed by atoms with Crippen molar-refractivity contribution in [2.45, 2.75) is 12.8 Å². The lowest BCUT2D eigenvalue weighted by Crippen LogP contribution is -2.14. The summed E-state index contributed by atoms with van der Waals surface area (Å²) in [6.07, 6.45) is 3.06. The number of hydrogen-bond acceptors (Lipinski definition) is 5. The van der Waals surface area contributed by atoms with Crippen molar-refractivity contribution in [1.29, 1.82) is 0 Å². The normalized spacial score (nSPS) is 15.4. The Morgan fingerprint density at radius 1 is 1.17 bits per heavy atom. The van der Waals surface area contributed by atoms with Crippen molar-refractivity contribution >= 4 is 17.8 Å². The smallest absolute Gasteiger partial charge is 0.373 e. The predicted octanol–water partition coefficient (Wildman–Crippen LogP) is 3.29. The van der Waals surface area contributed by atoms with E-state index in [0.717, 1.165) is 17.7 Å². The number of ketones is 1. The van der Waals surface area contributed by atoms with Gasteiger partial charge in [-0.05, 0) is 54.8 Å². The summed E-state index contributed by atoms with van der Waals surface area (Å²) < 4.78 is 15.2. The van der Waals surface area contributed by atoms with E-state index in [9.17, 15) is 9.59 Å². The van der Waals surface area contributed by atoms with E-state index in [1.807, 2.05) is 6.07 Å². The molecule has 0 saturated carbocycles. The Morgan fingerprint density at radius 3 is 2.74 bits per heavy atom. The Kier molecular flexibility index (Phi) is 4.02. The summed E-state index contributed by atoms with van der Waals surface area (Å²) >= 11 is 0. The lowest BCUT2D eigenvalue weighted by Gasteiger charge is -2.17. The average Bonchev–Trinajstić information content (AvgIpc) is 3.05. The van der Waals surface area contributed by atoms with Gasteiger partial charge in [-0.1, -0.05) is 0 Å². The van der Waals surface area contributed by atoms with Gasteiger partial charge in [0.15, 0.2) is 5.78 Å². The van der Waals surface area contributed by atoms with Gasteiger partial charge in [-0.25, -0.2) is 4.79 Å². The second kappa shape index (κ2) is 6.12. The van der Waals surface area contributed by atoms with Gasteiger partial charge in [-0.3, -0.25) is 4.79 Å². The summed E-state index contributed by atoms with van der Waals surface area (Å²) in [4.78, 5) is 24.0. The van der Waals surface area contributed by atoms with Crippen molar-refractivity contribution in [3.05, 3.63) is 58.6 Å². The number of ether oxygens (including phenoxy) is 2. The highest BCUT2D eigenvalue weighted by Crippen LogP contribution is 2.29. The number of esters is 1. The van der Waals surface area contributed by atoms with Crippen molar-refractivity contribution in [3.8, 4) is 5.75 Å². The first-order chi connectivity index (χ1) is 11.1. The predicted molar refractivity (Wildman–Crippen MR) is 83.7 cm³/mol. The molecule has 1 aliphatic rings. The molecule has 0 atom stereocenters. The van der Waals surface area contributed by atoms with Crippen LogP contribution in [0, 0.1) is 0 Å². The fourth-order valence-corrected chi connectivity index (χ4v) is 2.63. The van der Waals surface area contributed by atoms with E-state index in [1.165, 1.54) is 13.2 Å². The molecule has 0 N–H and O–H groups in total. The highest BCUT2D eigenvalue weighted by atomic mass is 16.5. The second-order valence-electron chi connectivity index (χ2n) is 5.22. The van der Waals surface area contributed by atoms with Crippen LogP contribution < -0.4 is 4.74 Å². The van der Waals surface area contributed by atoms with Crippen molar-refractivity contribution < 1.29 is 23.5 Å². The van der Waals surface area contributed by atoms with Crippen LogP contribution in [0.25, 0.3) is 6.08 Å². The molecule has 1 aliphatic carbocycles. The van der Waals surface area contributed by atoms with E-state index in [-0.39, 0.29) is 11.5 Å². The molecule has 0 fully saturated rings. The van der Waals surface area contributed by atoms with Crippen LogP contribution in [0.1, 0.15) is 38.7 Å². The van der Waals surface area contributed by atoms with Crippen LogP contribution in [0.2, 0.25) is 0 Å². The molecule has 0 saturated heterocycles. The fourth-order valence-electron chi connectivity index (χ4n) is 2.63. The first-order valence-corrected chi connectivity index (χ1v) is 7.22. The first-order valence-electron chi connectivity index (χ1n) is 7.22. The van der Waals surface area contributed by atoms with Crippen LogP contribution >= 0.6 is 0 Å². The third kappa shape index (κ3) is 2.90. The molecule has 0 unspecified atom stereocenters. The van der Waals surface area contributed by atoms with Crippen LogP contribution in [0.5, 0.6) is 5.75 Å². The first kappa shape index (κ1) is 15.1. The maximum absolute atomic E-state index is 12.6. The lowest BCUT2D eigenvalue weighted by molar-refractivity contribution is 0.0564. The summed E-state index contributed by atoms with van der Waals surface area (Å²) in [7, 11) is 2.90. The molecule has 23 heavy (non-hydrogen) atoms. The van der Waals surface area contributed by atoms with Crippen molar-refractivity contribution in [1.82, 2.24) is 0 Å². The van der Waals surface area contributed by atoms with Crippen LogP contribution in [-0.2, 0) is 11.2 Å². The Bertz CT molecular complexity index is 797. The Morgan fingerprint density at radius 2 is 2.00 bits per heavy atom. The SMILES string of the molecule is COC(=O)c1ccc(/C=C2\CCc3cc(OC)ccc3C2=O)o1. The average molecular weight is 312 g/mol. The molecule has 118 valence electrons. The van der Waals surface area contributed by atoms with Gasteiger partial charge in [0.05, 0.1) is 14.2 Å². The number of hydrogen-bond donors (Lipinski definition) is 0. The molecule has 5 heteroatoms. The molecular weight excluding hydrogens is 296 g/mol. The van der Waals surface area contributed by atoms with Gasteiger partial charge >= 0.3 is 5.97 Å². The standard InChI is InChI=1S/C18H16O5/c1-21-13-5-7-15-11(9-13)3-4-12(17(15)19)10-14-6-8-16(23-14)18(20)22-2/h5-10H,3-4H2,1-2H3/b12-10+. The van der Waals surface area contributed by atoms with Crippen molar-refractivity contribution in [3.63, 3.8) is 0 Å². The van der Waals surface area contributed by atoms with E-state index in [2.05, 4.69) is 4.74 Å². The Balaban J connectivity index is 1.88. The van der Waals surface area contributed by atoms with E-state index in [1.54, 1.807) is 31.4 Å². The number of rotatable bonds is 3. The van der Waals surface area contributed by atoms with Gasteiger partial charge in [-0.15, -0.1) is 0 Å². The number of carbonyl (C=O) groups excluding carboxylic acids is 2. The summed E-state index contributed by atoms with van der Waals surface area (Å²) in [5, 5.41) is 0. The Hall–Kier alpha value is -2.82. The third-order valence-electron chi connectivity index (χ3n) is 3.84. The highest BCUT2D eigenvalue weighted by Gasteiger charge is 2.23. The summed E-state index contributed by atoms with van der Waals surface area (Å²) in [6, 6.07) is 8.64. The van der Waals surface area contributed by atoms with E-state index >= 15 is 0 Å². The molecule has 1 aromatic heterocycles. The fraction of sp³-hybridized carbons (Fsp3) is 0.222. The minimum atomic E-state index is -0.540. The summed E-state index contributed by atoms with van der Waals surface area (Å²) in [5.74, 6) is 0.767. The number of carbonyl (C=O) groups is 2. The number of furan rings is 1. The zero-order chi connectivity index (χ0) is 16.4. The van der Waals surface area contributed by atoms with Gasteiger partial charge in [0, 0.05) is 11.1 Å². The molecule has 2 aromatic rings. The summed E-state index contributed by atoms with van der Waals surface area (Å²) in [5.41, 5.74) is 2.33. The summed E-state index contributed by atoms with van der Waals surface area (Å²) in [6.45, 7) is 0. The second-order valence-corrected chi connectivity index (χ2v) is 5.22. The van der Waals surface area contributed by atoms with E-state index in [0.29, 0.717) is 23.3 Å². The highest BCUT2D eigenvalue weighted by molar-refractivity contribution is 6.13. The molecule has 0 amide bonds. The molecular formula is C18H16O5. The Labute approximate surface area is 133 Å². The largest absolute Gasteiger partial charge is 0.497 e. The van der Waals surface area contributed by atoms with Crippen molar-refractivity contribution in [2.75, 3.05) is 14.2 Å². The minimum Gasteiger partial charge on any atom is -0.497 e. The van der Waals surface area contributed by atoms with Gasteiger partial charge in [0.25, 0.3) is 0 Å². The van der Waals surface area contributed by atoms with Gasteiger partial charge in [0.2, 0.25) is 5.76 Å². The number of fused-ring (bicyclic) bond motifs is 1. The lowest BCUT2D eigenvalue weighted by atomic mass is 9.86. The molecule has 0 spiro atoms. The number of Topliss-reactive ketones (excluding diaryl/α,β-unsaturated/α-hetero) is 1. The van der Waals surface area contributed by atoms with Gasteiger partial charge < -0.3 is 13.9 Å². The molecule has 0 radical (unpaired) electrons. The van der Waals surface area contributed by atoms with Crippen LogP contribution in [0.15, 0.2) is 40.3 Å². The van der Waals surface area contributed by atoms with Crippen LogP contribution in [0.4, 0.5) is 0 Å². The molecule has 1 heterocycles. The number of aryl methyl sites for hydroxylation is 1. The van der Waals surface area contributed by atoms with E-state index in [4.69, 9.17) is 9.15 Å². The van der Waals surface area contributed by atoms with E-state index < -0.39 is 5.97 Å². The molecule has 3 rings (SSSR count).